The molecular formula is C15H20N4O. The Kier molecular flexibility index (Phi) is 3.99. The zero-order valence-corrected chi connectivity index (χ0v) is 11.5. The largest absolute Gasteiger partial charge is 0.397 e. The van der Waals surface area contributed by atoms with Crippen LogP contribution in [0.3, 0.4) is 0 Å². The summed E-state index contributed by atoms with van der Waals surface area (Å²) in [5, 5.41) is 5.55. The van der Waals surface area contributed by atoms with Gasteiger partial charge in [-0.2, -0.15) is 0 Å². The Morgan fingerprint density at radius 3 is 2.95 bits per heavy atom. The van der Waals surface area contributed by atoms with Crippen LogP contribution in [0, 0.1) is 0 Å². The summed E-state index contributed by atoms with van der Waals surface area (Å²) in [4.78, 5) is 6.51. The number of anilines is 2. The van der Waals surface area contributed by atoms with Gasteiger partial charge in [-0.3, -0.25) is 9.88 Å². The van der Waals surface area contributed by atoms with E-state index in [1.54, 1.807) is 6.20 Å². The lowest BCUT2D eigenvalue weighted by molar-refractivity contribution is 0.0398. The maximum atomic E-state index is 6.21. The molecule has 0 amide bonds. The Morgan fingerprint density at radius 2 is 2.10 bits per heavy atom. The van der Waals surface area contributed by atoms with E-state index in [0.717, 1.165) is 61.5 Å². The van der Waals surface area contributed by atoms with E-state index in [9.17, 15) is 0 Å². The molecule has 2 aromatic rings. The van der Waals surface area contributed by atoms with Crippen LogP contribution in [0.4, 0.5) is 11.4 Å². The number of rotatable bonds is 4. The molecule has 1 aromatic carbocycles. The van der Waals surface area contributed by atoms with Crippen molar-refractivity contribution >= 4 is 22.1 Å². The van der Waals surface area contributed by atoms with Crippen molar-refractivity contribution in [1.29, 1.82) is 0 Å². The molecule has 0 radical (unpaired) electrons. The molecule has 1 aliphatic heterocycles. The summed E-state index contributed by atoms with van der Waals surface area (Å²) in [6.07, 6.45) is 3.61. The average molecular weight is 272 g/mol. The van der Waals surface area contributed by atoms with Gasteiger partial charge in [0, 0.05) is 49.3 Å². The van der Waals surface area contributed by atoms with Crippen LogP contribution in [-0.2, 0) is 4.74 Å². The van der Waals surface area contributed by atoms with Gasteiger partial charge in [0.05, 0.1) is 24.6 Å². The number of pyridine rings is 1. The molecular weight excluding hydrogens is 252 g/mol. The molecule has 3 N–H and O–H groups in total. The third-order valence-corrected chi connectivity index (χ3v) is 3.71. The lowest BCUT2D eigenvalue weighted by Crippen LogP contribution is -2.39. The maximum Gasteiger partial charge on any atom is 0.0630 e. The van der Waals surface area contributed by atoms with E-state index in [-0.39, 0.29) is 0 Å². The van der Waals surface area contributed by atoms with Crippen LogP contribution < -0.4 is 11.1 Å². The highest BCUT2D eigenvalue weighted by Crippen LogP contribution is 2.27. The summed E-state index contributed by atoms with van der Waals surface area (Å²) >= 11 is 0. The molecule has 5 nitrogen and oxygen atoms in total. The van der Waals surface area contributed by atoms with Crippen LogP contribution in [0.1, 0.15) is 0 Å². The van der Waals surface area contributed by atoms with Crippen molar-refractivity contribution in [2.75, 3.05) is 50.4 Å². The predicted octanol–water partition coefficient (Wildman–Crippen LogP) is 1.56. The summed E-state index contributed by atoms with van der Waals surface area (Å²) in [5.41, 5.74) is 8.01. The Balaban J connectivity index is 1.63. The topological polar surface area (TPSA) is 63.4 Å². The third kappa shape index (κ3) is 2.84. The van der Waals surface area contributed by atoms with Crippen molar-refractivity contribution in [3.8, 4) is 0 Å². The predicted molar refractivity (Wildman–Crippen MR) is 81.9 cm³/mol. The van der Waals surface area contributed by atoms with Crippen molar-refractivity contribution < 1.29 is 4.74 Å². The minimum Gasteiger partial charge on any atom is -0.397 e. The van der Waals surface area contributed by atoms with E-state index in [0.29, 0.717) is 0 Å². The molecule has 2 heterocycles. The number of nitrogens with one attached hydrogen (secondary N) is 1. The lowest BCUT2D eigenvalue weighted by Gasteiger charge is -2.26. The first-order chi connectivity index (χ1) is 9.84. The van der Waals surface area contributed by atoms with Crippen LogP contribution in [0.5, 0.6) is 0 Å². The maximum absolute atomic E-state index is 6.21. The summed E-state index contributed by atoms with van der Waals surface area (Å²) in [5.74, 6) is 0. The Labute approximate surface area is 118 Å². The molecule has 0 unspecified atom stereocenters. The molecule has 1 fully saturated rings. The van der Waals surface area contributed by atoms with Crippen molar-refractivity contribution in [2.24, 2.45) is 0 Å². The second-order valence-electron chi connectivity index (χ2n) is 5.00. The molecule has 0 atom stereocenters. The molecule has 0 spiro atoms. The highest BCUT2D eigenvalue weighted by Gasteiger charge is 2.10. The fraction of sp³-hybridized carbons (Fsp3) is 0.400. The SMILES string of the molecule is Nc1c(NCCN2CCOCC2)ccc2cnccc12. The molecule has 1 saturated heterocycles. The van der Waals surface area contributed by atoms with E-state index in [4.69, 9.17) is 10.5 Å². The summed E-state index contributed by atoms with van der Waals surface area (Å²) in [7, 11) is 0. The van der Waals surface area contributed by atoms with E-state index < -0.39 is 0 Å². The van der Waals surface area contributed by atoms with Crippen molar-refractivity contribution in [2.45, 2.75) is 0 Å². The number of aromatic nitrogens is 1. The molecule has 1 aliphatic rings. The van der Waals surface area contributed by atoms with Gasteiger partial charge in [-0.15, -0.1) is 0 Å². The normalized spacial score (nSPS) is 16.4. The Morgan fingerprint density at radius 1 is 1.25 bits per heavy atom. The van der Waals surface area contributed by atoms with Gasteiger partial charge in [0.2, 0.25) is 0 Å². The number of morpholine rings is 1. The Bertz CT molecular complexity index is 581. The van der Waals surface area contributed by atoms with Gasteiger partial charge in [-0.05, 0) is 12.1 Å². The van der Waals surface area contributed by atoms with Crippen LogP contribution >= 0.6 is 0 Å². The van der Waals surface area contributed by atoms with Crippen LogP contribution in [0.15, 0.2) is 30.6 Å². The van der Waals surface area contributed by atoms with Gasteiger partial charge < -0.3 is 15.8 Å². The van der Waals surface area contributed by atoms with Crippen LogP contribution in [-0.4, -0.2) is 49.3 Å². The highest BCUT2D eigenvalue weighted by molar-refractivity contribution is 5.98. The van der Waals surface area contributed by atoms with Crippen LogP contribution in [0.25, 0.3) is 10.8 Å². The van der Waals surface area contributed by atoms with Crippen molar-refractivity contribution in [3.05, 3.63) is 30.6 Å². The first-order valence-corrected chi connectivity index (χ1v) is 7.01. The van der Waals surface area contributed by atoms with E-state index in [1.165, 1.54) is 0 Å². The molecule has 0 aliphatic carbocycles. The first kappa shape index (κ1) is 13.1. The monoisotopic (exact) mass is 272 g/mol. The first-order valence-electron chi connectivity index (χ1n) is 7.01. The van der Waals surface area contributed by atoms with Crippen molar-refractivity contribution in [3.63, 3.8) is 0 Å². The summed E-state index contributed by atoms with van der Waals surface area (Å²) in [6.45, 7) is 5.61. The number of nitrogens with zero attached hydrogens (tertiary/aromatic N) is 2. The second-order valence-corrected chi connectivity index (χ2v) is 5.00. The fourth-order valence-corrected chi connectivity index (χ4v) is 2.52. The molecule has 0 bridgehead atoms. The van der Waals surface area contributed by atoms with Gasteiger partial charge in [0.1, 0.15) is 0 Å². The minimum atomic E-state index is 0.798. The molecule has 5 heteroatoms. The van der Waals surface area contributed by atoms with Gasteiger partial charge in [0.25, 0.3) is 0 Å². The second kappa shape index (κ2) is 6.07. The molecule has 3 rings (SSSR count). The summed E-state index contributed by atoms with van der Waals surface area (Å²) in [6, 6.07) is 6.03. The lowest BCUT2D eigenvalue weighted by atomic mass is 10.1. The molecule has 0 saturated carbocycles. The summed E-state index contributed by atoms with van der Waals surface area (Å²) < 4.78 is 5.34. The standard InChI is InChI=1S/C15H20N4O/c16-15-13-3-4-17-11-12(13)1-2-14(15)18-5-6-19-7-9-20-10-8-19/h1-4,11,18H,5-10,16H2. The molecule has 1 aromatic heterocycles. The number of benzene rings is 1. The van der Waals surface area contributed by atoms with Crippen molar-refractivity contribution in [1.82, 2.24) is 9.88 Å². The fourth-order valence-electron chi connectivity index (χ4n) is 2.52. The number of hydrogen-bond acceptors (Lipinski definition) is 5. The Hall–Kier alpha value is -1.85. The average Bonchev–Trinajstić information content (AvgIpc) is 2.51. The molecule has 20 heavy (non-hydrogen) atoms. The number of nitrogens with two attached hydrogens (primary N) is 1. The molecule has 106 valence electrons. The van der Waals surface area contributed by atoms with E-state index >= 15 is 0 Å². The highest BCUT2D eigenvalue weighted by atomic mass is 16.5. The zero-order valence-electron chi connectivity index (χ0n) is 11.5. The number of fused-ring (bicyclic) bond motifs is 1. The van der Waals surface area contributed by atoms with E-state index in [2.05, 4.69) is 21.3 Å². The van der Waals surface area contributed by atoms with Gasteiger partial charge in [0.15, 0.2) is 0 Å². The minimum absolute atomic E-state index is 0.798. The van der Waals surface area contributed by atoms with E-state index in [1.807, 2.05) is 18.3 Å². The number of hydrogen-bond donors (Lipinski definition) is 2. The van der Waals surface area contributed by atoms with Gasteiger partial charge in [-0.25, -0.2) is 0 Å². The van der Waals surface area contributed by atoms with Gasteiger partial charge in [-0.1, -0.05) is 6.07 Å². The number of nitrogen functional groups attached to an aromatic ring is 1. The smallest absolute Gasteiger partial charge is 0.0630 e. The number of ether oxygens (including phenoxy) is 1. The third-order valence-electron chi connectivity index (χ3n) is 3.71. The quantitative estimate of drug-likeness (QED) is 0.827. The van der Waals surface area contributed by atoms with Crippen LogP contribution in [0.2, 0.25) is 0 Å². The zero-order chi connectivity index (χ0) is 13.8. The van der Waals surface area contributed by atoms with Gasteiger partial charge >= 0.3 is 0 Å².